The molecule has 0 aliphatic carbocycles. The van der Waals surface area contributed by atoms with Gasteiger partial charge in [-0.05, 0) is 46.1 Å². The van der Waals surface area contributed by atoms with Crippen LogP contribution in [0.15, 0.2) is 33.5 Å². The maximum Gasteiger partial charge on any atom is 0.265 e. The van der Waals surface area contributed by atoms with Crippen LogP contribution in [0.25, 0.3) is 11.4 Å². The van der Waals surface area contributed by atoms with E-state index in [0.717, 1.165) is 11.3 Å². The van der Waals surface area contributed by atoms with E-state index in [1.54, 1.807) is 24.3 Å². The summed E-state index contributed by atoms with van der Waals surface area (Å²) >= 11 is 3.25. The molecule has 0 saturated heterocycles. The lowest BCUT2D eigenvalue weighted by molar-refractivity contribution is 0.475. The third-order valence-electron chi connectivity index (χ3n) is 2.58. The first-order valence-corrected chi connectivity index (χ1v) is 6.37. The van der Waals surface area contributed by atoms with Crippen molar-refractivity contribution in [2.75, 3.05) is 0 Å². The van der Waals surface area contributed by atoms with Crippen molar-refractivity contribution in [3.05, 3.63) is 44.8 Å². The Labute approximate surface area is 113 Å². The van der Waals surface area contributed by atoms with Crippen LogP contribution in [0.2, 0.25) is 0 Å². The molecule has 18 heavy (non-hydrogen) atoms. The summed E-state index contributed by atoms with van der Waals surface area (Å²) in [5.41, 5.74) is 1.29. The molecule has 0 saturated carbocycles. The predicted octanol–water partition coefficient (Wildman–Crippen LogP) is 3.03. The molecule has 0 fully saturated rings. The number of aromatic hydroxyl groups is 1. The van der Waals surface area contributed by atoms with Crippen molar-refractivity contribution >= 4 is 15.9 Å². The van der Waals surface area contributed by atoms with E-state index >= 15 is 0 Å². The normalized spacial score (nSPS) is 10.9. The average Bonchev–Trinajstić information content (AvgIpc) is 2.33. The van der Waals surface area contributed by atoms with E-state index in [-0.39, 0.29) is 17.2 Å². The number of benzene rings is 1. The molecule has 2 aromatic rings. The second kappa shape index (κ2) is 4.94. The summed E-state index contributed by atoms with van der Waals surface area (Å²) in [6, 6.07) is 6.55. The largest absolute Gasteiger partial charge is 0.508 e. The lowest BCUT2D eigenvalue weighted by Crippen LogP contribution is -2.14. The molecule has 0 atom stereocenters. The minimum atomic E-state index is -0.197. The summed E-state index contributed by atoms with van der Waals surface area (Å²) < 4.78 is 0.472. The topological polar surface area (TPSA) is 66.0 Å². The van der Waals surface area contributed by atoms with Gasteiger partial charge in [0.2, 0.25) is 0 Å². The van der Waals surface area contributed by atoms with Gasteiger partial charge in [-0.3, -0.25) is 4.79 Å². The van der Waals surface area contributed by atoms with Crippen molar-refractivity contribution in [2.45, 2.75) is 19.8 Å². The zero-order chi connectivity index (χ0) is 13.3. The zero-order valence-electron chi connectivity index (χ0n) is 10.1. The molecule has 0 unspecified atom stereocenters. The quantitative estimate of drug-likeness (QED) is 0.896. The molecule has 94 valence electrons. The molecule has 5 heteroatoms. The van der Waals surface area contributed by atoms with E-state index in [1.807, 2.05) is 13.8 Å². The zero-order valence-corrected chi connectivity index (χ0v) is 11.7. The fraction of sp³-hybridized carbons (Fsp3) is 0.231. The van der Waals surface area contributed by atoms with Crippen molar-refractivity contribution in [3.63, 3.8) is 0 Å². The molecule has 0 spiro atoms. The Morgan fingerprint density at radius 3 is 2.44 bits per heavy atom. The summed E-state index contributed by atoms with van der Waals surface area (Å²) in [6.45, 7) is 3.96. The van der Waals surface area contributed by atoms with E-state index in [0.29, 0.717) is 10.3 Å². The lowest BCUT2D eigenvalue weighted by atomic mass is 10.1. The third kappa shape index (κ3) is 2.46. The van der Waals surface area contributed by atoms with Crippen molar-refractivity contribution in [1.29, 1.82) is 0 Å². The van der Waals surface area contributed by atoms with Crippen LogP contribution >= 0.6 is 15.9 Å². The summed E-state index contributed by atoms with van der Waals surface area (Å²) in [5, 5.41) is 9.25. The minimum Gasteiger partial charge on any atom is -0.508 e. The Morgan fingerprint density at radius 2 is 1.89 bits per heavy atom. The van der Waals surface area contributed by atoms with E-state index in [1.165, 1.54) is 0 Å². The van der Waals surface area contributed by atoms with Gasteiger partial charge >= 0.3 is 0 Å². The molecule has 1 aromatic carbocycles. The molecule has 0 aliphatic heterocycles. The van der Waals surface area contributed by atoms with Crippen LogP contribution < -0.4 is 5.56 Å². The number of hydrogen-bond donors (Lipinski definition) is 2. The van der Waals surface area contributed by atoms with Crippen molar-refractivity contribution in [1.82, 2.24) is 9.97 Å². The van der Waals surface area contributed by atoms with Gasteiger partial charge in [-0.1, -0.05) is 13.8 Å². The molecule has 1 aromatic heterocycles. The van der Waals surface area contributed by atoms with Gasteiger partial charge in [0.15, 0.2) is 0 Å². The van der Waals surface area contributed by atoms with E-state index in [4.69, 9.17) is 0 Å². The predicted molar refractivity (Wildman–Crippen MR) is 73.7 cm³/mol. The SMILES string of the molecule is CC(C)c1nc(-c2ccc(O)cc2)[nH]c(=O)c1Br. The number of nitrogens with zero attached hydrogens (tertiary/aromatic N) is 1. The first-order valence-electron chi connectivity index (χ1n) is 5.58. The Bertz CT molecular complexity index is 618. The number of H-pyrrole nitrogens is 1. The molecular weight excluding hydrogens is 296 g/mol. The van der Waals surface area contributed by atoms with Gasteiger partial charge in [0, 0.05) is 5.56 Å². The molecule has 2 N–H and O–H groups in total. The van der Waals surface area contributed by atoms with Gasteiger partial charge in [-0.15, -0.1) is 0 Å². The molecule has 0 aliphatic rings. The highest BCUT2D eigenvalue weighted by Crippen LogP contribution is 2.23. The second-order valence-corrected chi connectivity index (χ2v) is 5.11. The van der Waals surface area contributed by atoms with E-state index in [2.05, 4.69) is 25.9 Å². The first kappa shape index (κ1) is 12.8. The molecule has 1 heterocycles. The summed E-state index contributed by atoms with van der Waals surface area (Å²) in [7, 11) is 0. The van der Waals surface area contributed by atoms with Crippen LogP contribution in [-0.2, 0) is 0 Å². The highest BCUT2D eigenvalue weighted by atomic mass is 79.9. The monoisotopic (exact) mass is 308 g/mol. The Balaban J connectivity index is 2.59. The fourth-order valence-electron chi connectivity index (χ4n) is 1.61. The van der Waals surface area contributed by atoms with Crippen LogP contribution in [0.1, 0.15) is 25.5 Å². The van der Waals surface area contributed by atoms with Gasteiger partial charge in [0.05, 0.1) is 5.69 Å². The number of hydrogen-bond acceptors (Lipinski definition) is 3. The second-order valence-electron chi connectivity index (χ2n) is 4.32. The molecule has 0 radical (unpaired) electrons. The number of phenols is 1. The molecule has 0 bridgehead atoms. The average molecular weight is 309 g/mol. The highest BCUT2D eigenvalue weighted by molar-refractivity contribution is 9.10. The number of nitrogens with one attached hydrogen (secondary N) is 1. The molecule has 2 rings (SSSR count). The van der Waals surface area contributed by atoms with E-state index in [9.17, 15) is 9.90 Å². The Morgan fingerprint density at radius 1 is 1.28 bits per heavy atom. The highest BCUT2D eigenvalue weighted by Gasteiger charge is 2.13. The maximum atomic E-state index is 11.8. The Hall–Kier alpha value is -1.62. The van der Waals surface area contributed by atoms with Crippen molar-refractivity contribution in [3.8, 4) is 17.1 Å². The van der Waals surface area contributed by atoms with Crippen LogP contribution in [0.5, 0.6) is 5.75 Å². The van der Waals surface area contributed by atoms with E-state index < -0.39 is 0 Å². The van der Waals surface area contributed by atoms with Crippen LogP contribution in [-0.4, -0.2) is 15.1 Å². The summed E-state index contributed by atoms with van der Waals surface area (Å²) in [6.07, 6.45) is 0. The number of aromatic nitrogens is 2. The molecule has 0 amide bonds. The number of halogens is 1. The fourth-order valence-corrected chi connectivity index (χ4v) is 2.26. The van der Waals surface area contributed by atoms with Crippen LogP contribution in [0, 0.1) is 0 Å². The van der Waals surface area contributed by atoms with Gasteiger partial charge in [0.25, 0.3) is 5.56 Å². The summed E-state index contributed by atoms with van der Waals surface area (Å²) in [5.74, 6) is 0.840. The smallest absolute Gasteiger partial charge is 0.265 e. The van der Waals surface area contributed by atoms with Gasteiger partial charge in [-0.2, -0.15) is 0 Å². The molecule has 4 nitrogen and oxygen atoms in total. The number of rotatable bonds is 2. The first-order chi connectivity index (χ1) is 8.49. The lowest BCUT2D eigenvalue weighted by Gasteiger charge is -2.09. The maximum absolute atomic E-state index is 11.8. The Kier molecular flexibility index (Phi) is 3.52. The van der Waals surface area contributed by atoms with Crippen molar-refractivity contribution in [2.24, 2.45) is 0 Å². The summed E-state index contributed by atoms with van der Waals surface area (Å²) in [4.78, 5) is 19.0. The van der Waals surface area contributed by atoms with Gasteiger partial charge < -0.3 is 10.1 Å². The van der Waals surface area contributed by atoms with Gasteiger partial charge in [-0.25, -0.2) is 4.98 Å². The van der Waals surface area contributed by atoms with Crippen molar-refractivity contribution < 1.29 is 5.11 Å². The standard InChI is InChI=1S/C13H13BrN2O2/c1-7(2)11-10(14)13(18)16-12(15-11)8-3-5-9(17)6-4-8/h3-7,17H,1-2H3,(H,15,16,18). The number of phenolic OH excluding ortho intramolecular Hbond substituents is 1. The molecular formula is C13H13BrN2O2. The third-order valence-corrected chi connectivity index (χ3v) is 3.34. The van der Waals surface area contributed by atoms with Crippen LogP contribution in [0.3, 0.4) is 0 Å². The number of aromatic amines is 1. The minimum absolute atomic E-state index is 0.151. The van der Waals surface area contributed by atoms with Crippen LogP contribution in [0.4, 0.5) is 0 Å². The van der Waals surface area contributed by atoms with Gasteiger partial charge in [0.1, 0.15) is 16.0 Å².